The average molecular weight is 1200 g/mol. The van der Waals surface area contributed by atoms with Gasteiger partial charge < -0.3 is 28.1 Å². The minimum atomic E-state index is -0.714. The van der Waals surface area contributed by atoms with Gasteiger partial charge in [-0.05, 0) is 96.4 Å². The molecule has 6 aromatic carbocycles. The molecule has 1 saturated heterocycles. The Morgan fingerprint density at radius 3 is 1.78 bits per heavy atom. The summed E-state index contributed by atoms with van der Waals surface area (Å²) in [6, 6.07) is 54.1. The molecular formula is C64H72B3N4O3PtS-3. The molecule has 2 aromatic heterocycles. The van der Waals surface area contributed by atoms with E-state index in [0.29, 0.717) is 0 Å². The molecule has 1 fully saturated rings. The fraction of sp³-hybridized carbons (Fsp3) is 0.344. The van der Waals surface area contributed by atoms with E-state index < -0.39 is 21.4 Å². The van der Waals surface area contributed by atoms with Crippen LogP contribution >= 0.6 is 11.8 Å². The third-order valence-corrected chi connectivity index (χ3v) is 15.5. The Balaban J connectivity index is 0.00000706. The number of benzene rings is 6. The number of hydrogen-bond acceptors (Lipinski definition) is 7. The number of para-hydroxylation sites is 4. The van der Waals surface area contributed by atoms with Crippen LogP contribution in [0.4, 0.5) is 22.7 Å². The summed E-state index contributed by atoms with van der Waals surface area (Å²) in [6.45, 7) is 35.8. The topological polar surface area (TPSA) is 52.0 Å². The summed E-state index contributed by atoms with van der Waals surface area (Å²) >= 11 is 1.88. The third-order valence-electron chi connectivity index (χ3n) is 14.4. The summed E-state index contributed by atoms with van der Waals surface area (Å²) in [4.78, 5) is 9.52. The molecule has 0 N–H and O–H groups in total. The first kappa shape index (κ1) is 55.7. The molecule has 76 heavy (non-hydrogen) atoms. The van der Waals surface area contributed by atoms with Crippen LogP contribution in [0.3, 0.4) is 0 Å². The maximum Gasteiger partial charge on any atom is 0.468 e. The Labute approximate surface area is 473 Å². The number of aromatic nitrogens is 2. The van der Waals surface area contributed by atoms with Crippen LogP contribution < -0.4 is 15.3 Å². The van der Waals surface area contributed by atoms with Gasteiger partial charge in [-0.3, -0.25) is 0 Å². The van der Waals surface area contributed by atoms with Crippen molar-refractivity contribution in [1.82, 2.24) is 9.55 Å². The van der Waals surface area contributed by atoms with E-state index in [4.69, 9.17) is 18.7 Å². The predicted molar refractivity (Wildman–Crippen MR) is 320 cm³/mol. The van der Waals surface area contributed by atoms with Gasteiger partial charge in [-0.2, -0.15) is 65.4 Å². The predicted octanol–water partition coefficient (Wildman–Crippen LogP) is 16.5. The molecular weight excluding hydrogens is 1130 g/mol. The molecule has 0 atom stereocenters. The first-order valence-corrected chi connectivity index (χ1v) is 27.8. The molecule has 0 bridgehead atoms. The molecule has 0 radical (unpaired) electrons. The minimum absolute atomic E-state index is 0. The van der Waals surface area contributed by atoms with Gasteiger partial charge in [-0.25, -0.2) is 4.98 Å². The van der Waals surface area contributed by atoms with Crippen molar-refractivity contribution < 1.29 is 34.8 Å². The molecule has 0 spiro atoms. The Morgan fingerprint density at radius 1 is 0.553 bits per heavy atom. The first-order chi connectivity index (χ1) is 35.3. The number of rotatable bonds is 9. The van der Waals surface area contributed by atoms with Gasteiger partial charge in [-0.1, -0.05) is 176 Å². The number of anilines is 4. The molecule has 12 heteroatoms. The van der Waals surface area contributed by atoms with Crippen LogP contribution in [0.2, 0.25) is 10.6 Å². The smallest absolute Gasteiger partial charge is 0.468 e. The molecule has 2 aliphatic heterocycles. The number of hydrogen-bond donors (Lipinski definition) is 0. The van der Waals surface area contributed by atoms with E-state index in [9.17, 15) is 0 Å². The van der Waals surface area contributed by atoms with Gasteiger partial charge in [0.25, 0.3) is 0 Å². The molecule has 394 valence electrons. The minimum Gasteiger partial charge on any atom is -0.493 e. The number of fused-ring (bicyclic) bond motifs is 4. The van der Waals surface area contributed by atoms with Crippen LogP contribution in [-0.2, 0) is 62.5 Å². The molecule has 0 aliphatic carbocycles. The summed E-state index contributed by atoms with van der Waals surface area (Å²) in [5.41, 5.74) is 15.4. The Kier molecular flexibility index (Phi) is 15.4. The van der Waals surface area contributed by atoms with Crippen LogP contribution in [-0.4, -0.2) is 30.9 Å². The maximum absolute atomic E-state index is 6.96. The monoisotopic (exact) mass is 1200 g/mol. The van der Waals surface area contributed by atoms with Gasteiger partial charge in [0.1, 0.15) is 5.82 Å². The van der Waals surface area contributed by atoms with Crippen molar-refractivity contribution in [1.29, 1.82) is 0 Å². The van der Waals surface area contributed by atoms with E-state index >= 15 is 0 Å². The Morgan fingerprint density at radius 2 is 1.14 bits per heavy atom. The van der Waals surface area contributed by atoms with Gasteiger partial charge in [0.15, 0.2) is 0 Å². The summed E-state index contributed by atoms with van der Waals surface area (Å²) in [6.07, 6.45) is 1.93. The van der Waals surface area contributed by atoms with Crippen molar-refractivity contribution in [3.05, 3.63) is 180 Å². The fourth-order valence-electron chi connectivity index (χ4n) is 10.0. The van der Waals surface area contributed by atoms with Crippen molar-refractivity contribution in [2.75, 3.05) is 9.80 Å². The van der Waals surface area contributed by atoms with Gasteiger partial charge in [0.2, 0.25) is 0 Å². The summed E-state index contributed by atoms with van der Waals surface area (Å²) < 4.78 is 22.8. The van der Waals surface area contributed by atoms with Gasteiger partial charge in [0, 0.05) is 60.9 Å². The fourth-order valence-corrected chi connectivity index (χ4v) is 10.9. The van der Waals surface area contributed by atoms with E-state index in [1.165, 1.54) is 27.5 Å². The summed E-state index contributed by atoms with van der Waals surface area (Å²) in [7, 11) is -1.72. The molecule has 0 amide bonds. The second-order valence-electron chi connectivity index (χ2n) is 25.8. The average Bonchev–Trinajstić information content (AvgIpc) is 3.91. The van der Waals surface area contributed by atoms with Crippen LogP contribution in [0.25, 0.3) is 38.8 Å². The summed E-state index contributed by atoms with van der Waals surface area (Å²) in [5.74, 6) is 2.50. The normalized spacial score (nSPS) is 14.8. The number of pyridine rings is 1. The summed E-state index contributed by atoms with van der Waals surface area (Å²) in [5, 5.41) is 1.77. The molecule has 7 nitrogen and oxygen atoms in total. The van der Waals surface area contributed by atoms with Crippen LogP contribution in [0, 0.1) is 18.8 Å². The zero-order valence-corrected chi connectivity index (χ0v) is 50.3. The van der Waals surface area contributed by atoms with Crippen molar-refractivity contribution in [3.63, 3.8) is 0 Å². The second kappa shape index (κ2) is 21.0. The molecule has 10 rings (SSSR count). The second-order valence-corrected chi connectivity index (χ2v) is 26.8. The van der Waals surface area contributed by atoms with Crippen molar-refractivity contribution >= 4 is 83.1 Å². The Hall–Kier alpha value is -5.02. The van der Waals surface area contributed by atoms with Gasteiger partial charge in [-0.15, -0.1) is 17.7 Å². The van der Waals surface area contributed by atoms with Crippen molar-refractivity contribution in [3.8, 4) is 16.9 Å². The zero-order valence-electron chi connectivity index (χ0n) is 47.2. The van der Waals surface area contributed by atoms with Crippen LogP contribution in [0.1, 0.15) is 132 Å². The van der Waals surface area contributed by atoms with E-state index in [1.54, 1.807) is 0 Å². The van der Waals surface area contributed by atoms with E-state index in [2.05, 4.69) is 264 Å². The van der Waals surface area contributed by atoms with Crippen molar-refractivity contribution in [2.45, 2.75) is 142 Å². The van der Waals surface area contributed by atoms with Crippen molar-refractivity contribution in [2.24, 2.45) is 0 Å². The number of thioether (sulfide) groups is 1. The SMILES string of the molecule is CC(C)(C)B1OB(c2cccc(-c3cc(C(C)(C)C)cc(C(C)(C)C)c3)c2N2[CH-]N(c3[c-]c(CSCc4[c-]c5c(cc4)c4ccccc4n5-c4cc(C(C)(C)C)ccn4)ccc3)c3ccccc32)OB(C(C)(C)C)O1.[Pt]. The number of nitrogens with zero attached hydrogens (tertiary/aromatic N) is 4. The molecule has 4 heterocycles. The molecule has 0 saturated carbocycles. The molecule has 0 unspecified atom stereocenters. The largest absolute Gasteiger partial charge is 0.493 e. The first-order valence-electron chi connectivity index (χ1n) is 26.6. The van der Waals surface area contributed by atoms with Gasteiger partial charge in [0.05, 0.1) is 0 Å². The Bertz CT molecular complexity index is 3360. The third kappa shape index (κ3) is 11.3. The van der Waals surface area contributed by atoms with E-state index in [-0.39, 0.29) is 47.9 Å². The standard InChI is InChI=1S/C64H72B3N4O3S.Pt/c1-60(2,3)46-32-33-68-58(39-46)71-54-27-17-16-24-51(54)52-31-30-44(35-57(52)71)41-75-40-43-22-20-23-49(34-43)69-42-70(56-29-19-18-28-55(56)69)59-50(45-36-47(61(4,5)6)38-48(37-45)62(7,8)9)25-21-26-53(59)65-72-66(63(10,11)12)74-67(73-65)64(13,14)15;/h16-33,36-39,42H,40-41H2,1-15H3;/q-3;. The van der Waals surface area contributed by atoms with E-state index in [1.807, 2.05) is 18.0 Å². The van der Waals surface area contributed by atoms with Gasteiger partial charge >= 0.3 is 21.4 Å². The van der Waals surface area contributed by atoms with Crippen LogP contribution in [0.15, 0.2) is 134 Å². The van der Waals surface area contributed by atoms with Crippen LogP contribution in [0.5, 0.6) is 0 Å². The molecule has 2 aliphatic rings. The van der Waals surface area contributed by atoms with E-state index in [0.717, 1.165) is 78.8 Å². The maximum atomic E-state index is 6.96. The molecule has 8 aromatic rings. The quantitative estimate of drug-likeness (QED) is 0.105. The zero-order chi connectivity index (χ0) is 53.4.